The lowest BCUT2D eigenvalue weighted by Gasteiger charge is -2.08. The van der Waals surface area contributed by atoms with Crippen LogP contribution in [-0.2, 0) is 13.1 Å². The van der Waals surface area contributed by atoms with Crippen molar-refractivity contribution in [2.24, 2.45) is 0 Å². The number of nitrogens with zero attached hydrogens (tertiary/aromatic N) is 1. The molecule has 0 aliphatic rings. The van der Waals surface area contributed by atoms with Crippen LogP contribution in [-0.4, -0.2) is 0 Å². The van der Waals surface area contributed by atoms with Crippen LogP contribution in [0.25, 0.3) is 0 Å². The van der Waals surface area contributed by atoms with Crippen LogP contribution in [0.15, 0.2) is 42.5 Å². The average molecular weight is 271 g/mol. The highest BCUT2D eigenvalue weighted by Gasteiger charge is 2.00. The van der Waals surface area contributed by atoms with E-state index in [4.69, 9.17) is 16.9 Å². The Hall–Kier alpha value is -1.82. The minimum atomic E-state index is 0.705. The zero-order chi connectivity index (χ0) is 13.7. The van der Waals surface area contributed by atoms with Crippen molar-refractivity contribution < 1.29 is 0 Å². The molecule has 96 valence electrons. The fourth-order valence-corrected chi connectivity index (χ4v) is 2.17. The number of rotatable bonds is 4. The summed E-state index contributed by atoms with van der Waals surface area (Å²) in [5.74, 6) is 0. The maximum absolute atomic E-state index is 8.83. The van der Waals surface area contributed by atoms with E-state index in [9.17, 15) is 0 Å². The van der Waals surface area contributed by atoms with E-state index in [2.05, 4.69) is 11.4 Å². The third-order valence-electron chi connectivity index (χ3n) is 3.01. The molecule has 0 spiro atoms. The Bertz CT molecular complexity index is 614. The van der Waals surface area contributed by atoms with Gasteiger partial charge in [-0.15, -0.1) is 0 Å². The summed E-state index contributed by atoms with van der Waals surface area (Å²) >= 11 is 5.94. The topological polar surface area (TPSA) is 35.8 Å². The van der Waals surface area contributed by atoms with E-state index in [-0.39, 0.29) is 0 Å². The number of nitrogens with one attached hydrogen (secondary N) is 1. The zero-order valence-electron chi connectivity index (χ0n) is 10.8. The Morgan fingerprint density at radius 1 is 1.16 bits per heavy atom. The fraction of sp³-hybridized carbons (Fsp3) is 0.188. The second-order valence-corrected chi connectivity index (χ2v) is 4.92. The van der Waals surface area contributed by atoms with E-state index in [1.807, 2.05) is 49.4 Å². The van der Waals surface area contributed by atoms with Crippen molar-refractivity contribution in [3.63, 3.8) is 0 Å². The van der Waals surface area contributed by atoms with Gasteiger partial charge in [0.2, 0.25) is 0 Å². The molecule has 0 unspecified atom stereocenters. The number of halogens is 1. The Morgan fingerprint density at radius 3 is 2.68 bits per heavy atom. The summed E-state index contributed by atoms with van der Waals surface area (Å²) < 4.78 is 0. The molecular weight excluding hydrogens is 256 g/mol. The minimum absolute atomic E-state index is 0.705. The molecule has 1 N–H and O–H groups in total. The summed E-state index contributed by atoms with van der Waals surface area (Å²) in [7, 11) is 0. The van der Waals surface area contributed by atoms with Gasteiger partial charge >= 0.3 is 0 Å². The van der Waals surface area contributed by atoms with Crippen LogP contribution in [0.4, 0.5) is 0 Å². The molecule has 3 heteroatoms. The van der Waals surface area contributed by atoms with E-state index in [1.165, 1.54) is 11.1 Å². The van der Waals surface area contributed by atoms with Crippen LogP contribution in [0.5, 0.6) is 0 Å². The molecule has 0 aliphatic carbocycles. The van der Waals surface area contributed by atoms with Gasteiger partial charge in [0.15, 0.2) is 0 Å². The molecule has 0 atom stereocenters. The van der Waals surface area contributed by atoms with Gasteiger partial charge in [-0.3, -0.25) is 0 Å². The van der Waals surface area contributed by atoms with Crippen LogP contribution < -0.4 is 5.32 Å². The normalized spacial score (nSPS) is 10.2. The largest absolute Gasteiger partial charge is 0.309 e. The molecule has 2 nitrogen and oxygen atoms in total. The molecule has 0 radical (unpaired) electrons. The third kappa shape index (κ3) is 3.82. The Balaban J connectivity index is 1.94. The van der Waals surface area contributed by atoms with Crippen LogP contribution in [0.1, 0.15) is 22.3 Å². The highest BCUT2D eigenvalue weighted by atomic mass is 35.5. The number of hydrogen-bond acceptors (Lipinski definition) is 2. The molecule has 2 aromatic rings. The second kappa shape index (κ2) is 6.38. The SMILES string of the molecule is Cc1cc(C#N)ccc1CNCc1cccc(Cl)c1. The summed E-state index contributed by atoms with van der Waals surface area (Å²) in [5, 5.41) is 13.0. The summed E-state index contributed by atoms with van der Waals surface area (Å²) in [4.78, 5) is 0. The Kier molecular flexibility index (Phi) is 4.57. The number of aryl methyl sites for hydroxylation is 1. The van der Waals surface area contributed by atoms with Crippen molar-refractivity contribution in [1.82, 2.24) is 5.32 Å². The summed E-state index contributed by atoms with van der Waals surface area (Å²) in [6, 6.07) is 15.7. The second-order valence-electron chi connectivity index (χ2n) is 4.49. The molecule has 0 saturated carbocycles. The molecule has 0 amide bonds. The van der Waals surface area contributed by atoms with Crippen molar-refractivity contribution in [2.45, 2.75) is 20.0 Å². The quantitative estimate of drug-likeness (QED) is 0.917. The van der Waals surface area contributed by atoms with Gasteiger partial charge in [-0.1, -0.05) is 29.8 Å². The first kappa shape index (κ1) is 13.6. The molecule has 0 aliphatic heterocycles. The van der Waals surface area contributed by atoms with Crippen molar-refractivity contribution in [1.29, 1.82) is 5.26 Å². The highest BCUT2D eigenvalue weighted by molar-refractivity contribution is 6.30. The van der Waals surface area contributed by atoms with E-state index in [1.54, 1.807) is 0 Å². The molecule has 0 aromatic heterocycles. The monoisotopic (exact) mass is 270 g/mol. The van der Waals surface area contributed by atoms with E-state index in [0.29, 0.717) is 5.56 Å². The fourth-order valence-electron chi connectivity index (χ4n) is 1.95. The van der Waals surface area contributed by atoms with Gasteiger partial charge < -0.3 is 5.32 Å². The molecule has 0 bridgehead atoms. The van der Waals surface area contributed by atoms with Gasteiger partial charge in [0.05, 0.1) is 11.6 Å². The molecule has 19 heavy (non-hydrogen) atoms. The van der Waals surface area contributed by atoms with Gasteiger partial charge in [0.1, 0.15) is 0 Å². The van der Waals surface area contributed by atoms with E-state index < -0.39 is 0 Å². The number of benzene rings is 2. The first-order chi connectivity index (χ1) is 9.19. The lowest BCUT2D eigenvalue weighted by molar-refractivity contribution is 0.690. The Morgan fingerprint density at radius 2 is 2.00 bits per heavy atom. The molecule has 0 heterocycles. The zero-order valence-corrected chi connectivity index (χ0v) is 11.5. The molecule has 2 rings (SSSR count). The summed E-state index contributed by atoms with van der Waals surface area (Å²) in [6.45, 7) is 3.58. The van der Waals surface area contributed by atoms with Crippen LogP contribution in [0.2, 0.25) is 5.02 Å². The van der Waals surface area contributed by atoms with Gasteiger partial charge in [-0.25, -0.2) is 0 Å². The lowest BCUT2D eigenvalue weighted by Crippen LogP contribution is -2.13. The van der Waals surface area contributed by atoms with Crippen molar-refractivity contribution >= 4 is 11.6 Å². The maximum atomic E-state index is 8.83. The maximum Gasteiger partial charge on any atom is 0.0991 e. The number of nitriles is 1. The third-order valence-corrected chi connectivity index (χ3v) is 3.24. The van der Waals surface area contributed by atoms with Gasteiger partial charge in [0.25, 0.3) is 0 Å². The lowest BCUT2D eigenvalue weighted by atomic mass is 10.1. The first-order valence-electron chi connectivity index (χ1n) is 6.14. The van der Waals surface area contributed by atoms with Gasteiger partial charge in [-0.2, -0.15) is 5.26 Å². The molecule has 0 fully saturated rings. The minimum Gasteiger partial charge on any atom is -0.309 e. The van der Waals surface area contributed by atoms with Crippen LogP contribution in [0.3, 0.4) is 0 Å². The number of hydrogen-bond donors (Lipinski definition) is 1. The molecule has 2 aromatic carbocycles. The Labute approximate surface area is 118 Å². The summed E-state index contributed by atoms with van der Waals surface area (Å²) in [5.41, 5.74) is 4.22. The van der Waals surface area contributed by atoms with Crippen molar-refractivity contribution in [3.05, 3.63) is 69.7 Å². The smallest absolute Gasteiger partial charge is 0.0991 e. The predicted molar refractivity (Wildman–Crippen MR) is 77.9 cm³/mol. The van der Waals surface area contributed by atoms with Crippen LogP contribution >= 0.6 is 11.6 Å². The average Bonchev–Trinajstić information content (AvgIpc) is 2.40. The van der Waals surface area contributed by atoms with E-state index >= 15 is 0 Å². The molecule has 0 saturated heterocycles. The van der Waals surface area contributed by atoms with Gasteiger partial charge in [-0.05, 0) is 47.9 Å². The molecular formula is C16H15ClN2. The summed E-state index contributed by atoms with van der Waals surface area (Å²) in [6.07, 6.45) is 0. The standard InChI is InChI=1S/C16H15ClN2/c1-12-7-13(9-18)5-6-15(12)11-19-10-14-3-2-4-16(17)8-14/h2-8,19H,10-11H2,1H3. The highest BCUT2D eigenvalue weighted by Crippen LogP contribution is 2.12. The van der Waals surface area contributed by atoms with Gasteiger partial charge in [0, 0.05) is 18.1 Å². The van der Waals surface area contributed by atoms with Crippen LogP contribution in [0, 0.1) is 18.3 Å². The van der Waals surface area contributed by atoms with Crippen molar-refractivity contribution in [3.8, 4) is 6.07 Å². The van der Waals surface area contributed by atoms with E-state index in [0.717, 1.165) is 23.7 Å². The predicted octanol–water partition coefficient (Wildman–Crippen LogP) is 3.81. The first-order valence-corrected chi connectivity index (χ1v) is 6.51. The van der Waals surface area contributed by atoms with Crippen molar-refractivity contribution in [2.75, 3.05) is 0 Å².